The molecule has 3 aromatic rings. The fourth-order valence-corrected chi connectivity index (χ4v) is 7.09. The number of rotatable bonds is 7. The molecule has 156 valence electrons. The number of thiophene rings is 1. The van der Waals surface area contributed by atoms with Crippen molar-refractivity contribution in [3.05, 3.63) is 87.6 Å². The van der Waals surface area contributed by atoms with Gasteiger partial charge in [0.05, 0.1) is 24.8 Å². The molecule has 0 unspecified atom stereocenters. The summed E-state index contributed by atoms with van der Waals surface area (Å²) in [6.45, 7) is 1.10. The molecule has 1 aliphatic rings. The molecule has 0 bridgehead atoms. The number of para-hydroxylation sites is 1. The van der Waals surface area contributed by atoms with Crippen molar-refractivity contribution in [2.24, 2.45) is 0 Å². The molecule has 0 spiro atoms. The van der Waals surface area contributed by atoms with Gasteiger partial charge in [-0.25, -0.2) is 0 Å². The highest BCUT2D eigenvalue weighted by atomic mass is 32.2. The van der Waals surface area contributed by atoms with Gasteiger partial charge in [-0.2, -0.15) is 0 Å². The van der Waals surface area contributed by atoms with Crippen LogP contribution >= 0.6 is 34.9 Å². The SMILES string of the molecule is COc1ccccc1CN(Cc1cccs1)C(=O)c1ccc(C2SCCCS2)cc1. The molecule has 1 amide bonds. The van der Waals surface area contributed by atoms with E-state index in [2.05, 4.69) is 23.6 Å². The van der Waals surface area contributed by atoms with Gasteiger partial charge in [-0.05, 0) is 53.1 Å². The Labute approximate surface area is 190 Å². The zero-order valence-electron chi connectivity index (χ0n) is 17.0. The first-order valence-electron chi connectivity index (χ1n) is 10.0. The average molecular weight is 456 g/mol. The first-order chi connectivity index (χ1) is 14.7. The normalized spacial score (nSPS) is 14.4. The van der Waals surface area contributed by atoms with Crippen molar-refractivity contribution in [2.75, 3.05) is 18.6 Å². The summed E-state index contributed by atoms with van der Waals surface area (Å²) in [5.74, 6) is 3.28. The highest BCUT2D eigenvalue weighted by molar-refractivity contribution is 8.16. The van der Waals surface area contributed by atoms with Crippen molar-refractivity contribution < 1.29 is 9.53 Å². The monoisotopic (exact) mass is 455 g/mol. The summed E-state index contributed by atoms with van der Waals surface area (Å²) in [7, 11) is 1.67. The van der Waals surface area contributed by atoms with Crippen LogP contribution in [0.4, 0.5) is 0 Å². The lowest BCUT2D eigenvalue weighted by Gasteiger charge is -2.24. The molecule has 0 radical (unpaired) electrons. The van der Waals surface area contributed by atoms with Crippen molar-refractivity contribution in [3.63, 3.8) is 0 Å². The maximum absolute atomic E-state index is 13.4. The molecule has 2 aromatic carbocycles. The molecular formula is C24H25NO2S3. The minimum absolute atomic E-state index is 0.0461. The van der Waals surface area contributed by atoms with Gasteiger partial charge in [0.15, 0.2) is 0 Å². The van der Waals surface area contributed by atoms with Crippen LogP contribution in [0.2, 0.25) is 0 Å². The van der Waals surface area contributed by atoms with Crippen LogP contribution in [-0.4, -0.2) is 29.4 Å². The van der Waals surface area contributed by atoms with Gasteiger partial charge in [0.25, 0.3) is 5.91 Å². The molecular weight excluding hydrogens is 430 g/mol. The van der Waals surface area contributed by atoms with Gasteiger partial charge in [0.2, 0.25) is 0 Å². The van der Waals surface area contributed by atoms with Crippen LogP contribution < -0.4 is 4.74 Å². The van der Waals surface area contributed by atoms with E-state index in [1.807, 2.05) is 70.9 Å². The predicted molar refractivity (Wildman–Crippen MR) is 130 cm³/mol. The zero-order chi connectivity index (χ0) is 20.8. The molecule has 0 aliphatic carbocycles. The number of carbonyl (C=O) groups is 1. The Morgan fingerprint density at radius 1 is 1.00 bits per heavy atom. The molecule has 0 N–H and O–H groups in total. The third-order valence-electron chi connectivity index (χ3n) is 5.02. The van der Waals surface area contributed by atoms with Gasteiger partial charge in [-0.3, -0.25) is 4.79 Å². The summed E-state index contributed by atoms with van der Waals surface area (Å²) in [5.41, 5.74) is 3.04. The van der Waals surface area contributed by atoms with Crippen molar-refractivity contribution in [2.45, 2.75) is 24.1 Å². The maximum atomic E-state index is 13.4. The lowest BCUT2D eigenvalue weighted by Crippen LogP contribution is -2.30. The molecule has 0 atom stereocenters. The van der Waals surface area contributed by atoms with E-state index in [4.69, 9.17) is 4.74 Å². The second-order valence-corrected chi connectivity index (χ2v) is 10.9. The van der Waals surface area contributed by atoms with Crippen LogP contribution in [0.15, 0.2) is 66.0 Å². The molecule has 1 aliphatic heterocycles. The Balaban J connectivity index is 1.55. The smallest absolute Gasteiger partial charge is 0.254 e. The van der Waals surface area contributed by atoms with E-state index in [1.54, 1.807) is 18.4 Å². The highest BCUT2D eigenvalue weighted by Gasteiger charge is 2.21. The number of amides is 1. The van der Waals surface area contributed by atoms with E-state index in [0.717, 1.165) is 16.9 Å². The molecule has 6 heteroatoms. The van der Waals surface area contributed by atoms with E-state index >= 15 is 0 Å². The third kappa shape index (κ3) is 5.23. The molecule has 1 fully saturated rings. The Hall–Kier alpha value is -1.89. The first-order valence-corrected chi connectivity index (χ1v) is 13.0. The number of methoxy groups -OCH3 is 1. The Bertz CT molecular complexity index is 951. The largest absolute Gasteiger partial charge is 0.496 e. The van der Waals surface area contributed by atoms with Crippen molar-refractivity contribution in [3.8, 4) is 5.75 Å². The number of nitrogens with zero attached hydrogens (tertiary/aromatic N) is 1. The van der Waals surface area contributed by atoms with E-state index in [-0.39, 0.29) is 5.91 Å². The van der Waals surface area contributed by atoms with E-state index in [9.17, 15) is 4.79 Å². The minimum Gasteiger partial charge on any atom is -0.496 e. The molecule has 1 aromatic heterocycles. The van der Waals surface area contributed by atoms with Gasteiger partial charge < -0.3 is 9.64 Å². The van der Waals surface area contributed by atoms with Crippen LogP contribution in [0.1, 0.15) is 37.4 Å². The van der Waals surface area contributed by atoms with Crippen LogP contribution in [0, 0.1) is 0 Å². The van der Waals surface area contributed by atoms with Gasteiger partial charge >= 0.3 is 0 Å². The maximum Gasteiger partial charge on any atom is 0.254 e. The van der Waals surface area contributed by atoms with Gasteiger partial charge in [-0.15, -0.1) is 34.9 Å². The summed E-state index contributed by atoms with van der Waals surface area (Å²) < 4.78 is 5.99. The number of hydrogen-bond donors (Lipinski definition) is 0. The standard InChI is InChI=1S/C24H25NO2S3/c1-27-22-8-3-2-6-20(22)16-25(17-21-7-4-13-28-21)23(26)18-9-11-19(12-10-18)24-29-14-5-15-30-24/h2-4,6-13,24H,5,14-17H2,1H3. The third-order valence-corrected chi connectivity index (χ3v) is 8.90. The van der Waals surface area contributed by atoms with E-state index in [1.165, 1.54) is 28.4 Å². The number of carbonyl (C=O) groups excluding carboxylic acids is 1. The van der Waals surface area contributed by atoms with Gasteiger partial charge in [0.1, 0.15) is 5.75 Å². The molecule has 0 saturated carbocycles. The summed E-state index contributed by atoms with van der Waals surface area (Å²) in [4.78, 5) is 16.5. The molecule has 30 heavy (non-hydrogen) atoms. The Morgan fingerprint density at radius 2 is 1.77 bits per heavy atom. The van der Waals surface area contributed by atoms with Crippen molar-refractivity contribution in [1.82, 2.24) is 4.90 Å². The molecule has 3 nitrogen and oxygen atoms in total. The predicted octanol–water partition coefficient (Wildman–Crippen LogP) is 6.47. The van der Waals surface area contributed by atoms with Crippen LogP contribution in [0.5, 0.6) is 5.75 Å². The van der Waals surface area contributed by atoms with Crippen LogP contribution in [0.3, 0.4) is 0 Å². The molecule has 1 saturated heterocycles. The number of ether oxygens (including phenoxy) is 1. The van der Waals surface area contributed by atoms with Crippen molar-refractivity contribution in [1.29, 1.82) is 0 Å². The second kappa shape index (κ2) is 10.4. The number of benzene rings is 2. The second-order valence-electron chi connectivity index (χ2n) is 7.10. The average Bonchev–Trinajstić information content (AvgIpc) is 3.32. The van der Waals surface area contributed by atoms with Gasteiger partial charge in [-0.1, -0.05) is 36.4 Å². The lowest BCUT2D eigenvalue weighted by molar-refractivity contribution is 0.0730. The van der Waals surface area contributed by atoms with Crippen LogP contribution in [0.25, 0.3) is 0 Å². The fourth-order valence-electron chi connectivity index (χ4n) is 3.48. The summed E-state index contributed by atoms with van der Waals surface area (Å²) >= 11 is 5.68. The number of hydrogen-bond acceptors (Lipinski definition) is 5. The van der Waals surface area contributed by atoms with Gasteiger partial charge in [0, 0.05) is 16.0 Å². The fraction of sp³-hybridized carbons (Fsp3) is 0.292. The summed E-state index contributed by atoms with van der Waals surface area (Å²) in [6.07, 6.45) is 1.28. The lowest BCUT2D eigenvalue weighted by atomic mass is 10.1. The van der Waals surface area contributed by atoms with E-state index in [0.29, 0.717) is 17.7 Å². The minimum atomic E-state index is 0.0461. The highest BCUT2D eigenvalue weighted by Crippen LogP contribution is 2.43. The quantitative estimate of drug-likeness (QED) is 0.408. The Kier molecular flexibility index (Phi) is 7.42. The molecule has 2 heterocycles. The summed E-state index contributed by atoms with van der Waals surface area (Å²) in [5, 5.41) is 2.05. The Morgan fingerprint density at radius 3 is 2.47 bits per heavy atom. The topological polar surface area (TPSA) is 29.5 Å². The van der Waals surface area contributed by atoms with Crippen LogP contribution in [-0.2, 0) is 13.1 Å². The number of thioether (sulfide) groups is 2. The first kappa shape index (κ1) is 21.3. The van der Waals surface area contributed by atoms with Crippen molar-refractivity contribution >= 4 is 40.8 Å². The molecule has 4 rings (SSSR count). The van der Waals surface area contributed by atoms with E-state index < -0.39 is 0 Å². The zero-order valence-corrected chi connectivity index (χ0v) is 19.4. The summed E-state index contributed by atoms with van der Waals surface area (Å²) in [6, 6.07) is 20.2.